The average Bonchev–Trinajstić information content (AvgIpc) is 3.33. The van der Waals surface area contributed by atoms with E-state index in [-0.39, 0.29) is 0 Å². The number of benzene rings is 2. The van der Waals surface area contributed by atoms with Crippen molar-refractivity contribution in [2.45, 2.75) is 19.9 Å². The molecule has 0 aliphatic carbocycles. The number of hydrogen-bond donors (Lipinski definition) is 0. The Labute approximate surface area is 150 Å². The van der Waals surface area contributed by atoms with Crippen LogP contribution in [0.2, 0.25) is 0 Å². The molecule has 124 valence electrons. The molecule has 0 bridgehead atoms. The Morgan fingerprint density at radius 1 is 0.960 bits per heavy atom. The molecule has 0 aliphatic rings. The smallest absolute Gasteiger partial charge is 0.204 e. The van der Waals surface area contributed by atoms with Gasteiger partial charge in [0.1, 0.15) is 11.6 Å². The van der Waals surface area contributed by atoms with Crippen LogP contribution >= 0.6 is 11.3 Å². The summed E-state index contributed by atoms with van der Waals surface area (Å²) in [6, 6.07) is 18.4. The van der Waals surface area contributed by atoms with Gasteiger partial charge in [-0.3, -0.25) is 0 Å². The molecule has 4 aromatic rings. The van der Waals surface area contributed by atoms with Crippen molar-refractivity contribution in [3.8, 4) is 22.0 Å². The lowest BCUT2D eigenvalue weighted by molar-refractivity contribution is 0.566. The summed E-state index contributed by atoms with van der Waals surface area (Å²) < 4.78 is 0. The molecule has 0 N–H and O–H groups in total. The maximum Gasteiger partial charge on any atom is 0.204 e. The summed E-state index contributed by atoms with van der Waals surface area (Å²) in [5.74, 6) is 0.640. The van der Waals surface area contributed by atoms with E-state index >= 15 is 0 Å². The molecular formula is C19H17N5S. The topological polar surface area (TPSA) is 56.5 Å². The van der Waals surface area contributed by atoms with Crippen molar-refractivity contribution >= 4 is 11.3 Å². The Balaban J connectivity index is 1.50. The van der Waals surface area contributed by atoms with E-state index in [9.17, 15) is 0 Å². The fraction of sp³-hybridized carbons (Fsp3) is 0.158. The van der Waals surface area contributed by atoms with Crippen molar-refractivity contribution in [1.29, 1.82) is 0 Å². The number of nitrogens with zero attached hydrogens (tertiary/aromatic N) is 5. The first-order valence-corrected chi connectivity index (χ1v) is 9.07. The molecule has 0 aliphatic heterocycles. The highest BCUT2D eigenvalue weighted by Gasteiger charge is 2.09. The van der Waals surface area contributed by atoms with Gasteiger partial charge in [-0.1, -0.05) is 61.5 Å². The summed E-state index contributed by atoms with van der Waals surface area (Å²) in [6.45, 7) is 2.66. The molecule has 4 rings (SSSR count). The summed E-state index contributed by atoms with van der Waals surface area (Å²) in [5.41, 5.74) is 4.34. The zero-order valence-corrected chi connectivity index (χ0v) is 14.6. The van der Waals surface area contributed by atoms with Gasteiger partial charge in [-0.05, 0) is 17.2 Å². The Kier molecular flexibility index (Phi) is 4.35. The van der Waals surface area contributed by atoms with Gasteiger partial charge in [0.25, 0.3) is 0 Å². The quantitative estimate of drug-likeness (QED) is 0.546. The third-order valence-corrected chi connectivity index (χ3v) is 4.89. The average molecular weight is 347 g/mol. The third kappa shape index (κ3) is 3.49. The lowest BCUT2D eigenvalue weighted by atomic mass is 10.1. The van der Waals surface area contributed by atoms with E-state index in [0.717, 1.165) is 28.2 Å². The Bertz CT molecular complexity index is 957. The summed E-state index contributed by atoms with van der Waals surface area (Å²) in [6.07, 6.45) is 1.02. The van der Waals surface area contributed by atoms with Crippen LogP contribution in [0.5, 0.6) is 0 Å². The molecule has 6 heteroatoms. The minimum atomic E-state index is 0.517. The highest BCUT2D eigenvalue weighted by molar-refractivity contribution is 7.13. The van der Waals surface area contributed by atoms with Crippen LogP contribution in [0.4, 0.5) is 0 Å². The van der Waals surface area contributed by atoms with Gasteiger partial charge in [-0.25, -0.2) is 4.98 Å². The van der Waals surface area contributed by atoms with Crippen LogP contribution in [0.15, 0.2) is 60.0 Å². The van der Waals surface area contributed by atoms with Crippen molar-refractivity contribution < 1.29 is 0 Å². The van der Waals surface area contributed by atoms with Crippen molar-refractivity contribution in [2.75, 3.05) is 0 Å². The van der Waals surface area contributed by atoms with Crippen LogP contribution in [0.1, 0.15) is 18.2 Å². The predicted molar refractivity (Wildman–Crippen MR) is 99.3 cm³/mol. The standard InChI is InChI=1S/C19H17N5S/c1-2-14-8-10-15(11-9-14)18-21-23-24(22-18)12-17-13-25-19(20-17)16-6-4-3-5-7-16/h3-11,13H,2,12H2,1H3. The van der Waals surface area contributed by atoms with Crippen molar-refractivity contribution in [3.05, 3.63) is 71.2 Å². The predicted octanol–water partition coefficient (Wildman–Crippen LogP) is 4.07. The summed E-state index contributed by atoms with van der Waals surface area (Å²) >= 11 is 1.63. The first kappa shape index (κ1) is 15.7. The summed E-state index contributed by atoms with van der Waals surface area (Å²) in [5, 5.41) is 15.8. The Hall–Kier alpha value is -2.86. The lowest BCUT2D eigenvalue weighted by Crippen LogP contribution is -2.04. The van der Waals surface area contributed by atoms with Crippen LogP contribution in [0, 0.1) is 0 Å². The minimum absolute atomic E-state index is 0.517. The number of tetrazole rings is 1. The molecule has 2 aromatic heterocycles. The van der Waals surface area contributed by atoms with E-state index in [1.165, 1.54) is 5.56 Å². The van der Waals surface area contributed by atoms with E-state index < -0.39 is 0 Å². The number of rotatable bonds is 5. The van der Waals surface area contributed by atoms with Gasteiger partial charge in [0, 0.05) is 16.5 Å². The maximum atomic E-state index is 4.67. The maximum absolute atomic E-state index is 4.67. The summed E-state index contributed by atoms with van der Waals surface area (Å²) in [4.78, 5) is 6.26. The molecule has 0 amide bonds. The Morgan fingerprint density at radius 3 is 2.52 bits per heavy atom. The number of aromatic nitrogens is 5. The lowest BCUT2D eigenvalue weighted by Gasteiger charge is -1.98. The number of aryl methyl sites for hydroxylation is 1. The largest absolute Gasteiger partial charge is 0.239 e. The molecule has 0 atom stereocenters. The van der Waals surface area contributed by atoms with E-state index in [4.69, 9.17) is 0 Å². The molecule has 5 nitrogen and oxygen atoms in total. The molecule has 0 saturated heterocycles. The molecule has 25 heavy (non-hydrogen) atoms. The fourth-order valence-corrected chi connectivity index (χ4v) is 3.37. The molecule has 2 heterocycles. The van der Waals surface area contributed by atoms with Crippen LogP contribution < -0.4 is 0 Å². The molecule has 0 spiro atoms. The van der Waals surface area contributed by atoms with Gasteiger partial charge in [-0.2, -0.15) is 4.80 Å². The zero-order valence-electron chi connectivity index (χ0n) is 13.8. The summed E-state index contributed by atoms with van der Waals surface area (Å²) in [7, 11) is 0. The van der Waals surface area contributed by atoms with E-state index in [1.807, 2.05) is 35.7 Å². The van der Waals surface area contributed by atoms with Crippen molar-refractivity contribution in [2.24, 2.45) is 0 Å². The van der Waals surface area contributed by atoms with Gasteiger partial charge in [0.2, 0.25) is 5.82 Å². The molecule has 2 aromatic carbocycles. The van der Waals surface area contributed by atoms with Gasteiger partial charge in [-0.15, -0.1) is 21.5 Å². The fourth-order valence-electron chi connectivity index (χ4n) is 2.55. The molecule has 0 saturated carbocycles. The first-order valence-electron chi connectivity index (χ1n) is 8.19. The number of hydrogen-bond acceptors (Lipinski definition) is 5. The van der Waals surface area contributed by atoms with Gasteiger partial charge in [0.05, 0.1) is 5.69 Å². The minimum Gasteiger partial charge on any atom is -0.239 e. The molecular weight excluding hydrogens is 330 g/mol. The van der Waals surface area contributed by atoms with Gasteiger partial charge in [0.15, 0.2) is 0 Å². The van der Waals surface area contributed by atoms with E-state index in [0.29, 0.717) is 12.4 Å². The first-order chi connectivity index (χ1) is 12.3. The monoisotopic (exact) mass is 347 g/mol. The van der Waals surface area contributed by atoms with Crippen LogP contribution in [-0.4, -0.2) is 25.2 Å². The highest BCUT2D eigenvalue weighted by atomic mass is 32.1. The van der Waals surface area contributed by atoms with Crippen molar-refractivity contribution in [1.82, 2.24) is 25.2 Å². The SMILES string of the molecule is CCc1ccc(-c2nnn(Cc3csc(-c4ccccc4)n3)n2)cc1. The van der Waals surface area contributed by atoms with Crippen LogP contribution in [0.25, 0.3) is 22.0 Å². The van der Waals surface area contributed by atoms with Gasteiger partial charge < -0.3 is 0 Å². The van der Waals surface area contributed by atoms with Crippen molar-refractivity contribution in [3.63, 3.8) is 0 Å². The Morgan fingerprint density at radius 2 is 1.76 bits per heavy atom. The van der Waals surface area contributed by atoms with E-state index in [1.54, 1.807) is 16.1 Å². The number of thiazole rings is 1. The van der Waals surface area contributed by atoms with Crippen LogP contribution in [-0.2, 0) is 13.0 Å². The van der Waals surface area contributed by atoms with E-state index in [2.05, 4.69) is 51.6 Å². The zero-order chi connectivity index (χ0) is 17.1. The third-order valence-electron chi connectivity index (χ3n) is 3.95. The molecule has 0 radical (unpaired) electrons. The second-order valence-corrected chi connectivity index (χ2v) is 6.56. The van der Waals surface area contributed by atoms with Gasteiger partial charge >= 0.3 is 0 Å². The highest BCUT2D eigenvalue weighted by Crippen LogP contribution is 2.23. The second kappa shape index (κ2) is 6.94. The molecule has 0 fully saturated rings. The van der Waals surface area contributed by atoms with Crippen LogP contribution in [0.3, 0.4) is 0 Å². The normalized spacial score (nSPS) is 10.9. The molecule has 0 unspecified atom stereocenters. The second-order valence-electron chi connectivity index (χ2n) is 5.70.